The molecule has 5 heteroatoms. The molecule has 0 saturated carbocycles. The van der Waals surface area contributed by atoms with Crippen LogP contribution in [0.4, 0.5) is 0 Å². The zero-order valence-corrected chi connectivity index (χ0v) is 13.2. The van der Waals surface area contributed by atoms with Gasteiger partial charge in [-0.1, -0.05) is 6.42 Å². The Hall–Kier alpha value is -1.62. The molecule has 1 atom stereocenters. The average Bonchev–Trinajstić information content (AvgIpc) is 3.08. The van der Waals surface area contributed by atoms with Crippen LogP contribution in [0.2, 0.25) is 0 Å². The molecule has 0 radical (unpaired) electrons. The van der Waals surface area contributed by atoms with Gasteiger partial charge in [-0.3, -0.25) is 10.00 Å². The quantitative estimate of drug-likeness (QED) is 0.939. The number of likely N-dealkylation sites (tertiary alicyclic amines) is 1. The van der Waals surface area contributed by atoms with Gasteiger partial charge >= 0.3 is 0 Å². The fraction of sp³-hybridized carbons (Fsp3) is 0.625. The normalized spacial score (nSPS) is 20.3. The van der Waals surface area contributed by atoms with Crippen LogP contribution < -0.4 is 0 Å². The molecule has 1 aliphatic heterocycles. The maximum absolute atomic E-state index is 4.57. The summed E-state index contributed by atoms with van der Waals surface area (Å²) in [5.74, 6) is 1.16. The molecular formula is C16H25N5. The molecule has 5 nitrogen and oxygen atoms in total. The maximum atomic E-state index is 4.57. The van der Waals surface area contributed by atoms with Gasteiger partial charge in [-0.15, -0.1) is 0 Å². The van der Waals surface area contributed by atoms with Gasteiger partial charge in [-0.25, -0.2) is 4.98 Å². The van der Waals surface area contributed by atoms with Crippen molar-refractivity contribution in [3.8, 4) is 0 Å². The zero-order chi connectivity index (χ0) is 14.8. The number of nitrogens with zero attached hydrogens (tertiary/aromatic N) is 4. The third kappa shape index (κ3) is 2.88. The lowest BCUT2D eigenvalue weighted by molar-refractivity contribution is 0.131. The van der Waals surface area contributed by atoms with Crippen LogP contribution in [0.15, 0.2) is 18.6 Å². The van der Waals surface area contributed by atoms with Crippen LogP contribution in [0, 0.1) is 6.92 Å². The molecule has 1 unspecified atom stereocenters. The van der Waals surface area contributed by atoms with Gasteiger partial charge in [0.2, 0.25) is 0 Å². The molecule has 0 amide bonds. The highest BCUT2D eigenvalue weighted by atomic mass is 15.2. The summed E-state index contributed by atoms with van der Waals surface area (Å²) in [4.78, 5) is 7.11. The number of H-pyrrole nitrogens is 1. The topological polar surface area (TPSA) is 49.7 Å². The van der Waals surface area contributed by atoms with Crippen LogP contribution in [0.3, 0.4) is 0 Å². The minimum atomic E-state index is 0.443. The van der Waals surface area contributed by atoms with E-state index in [4.69, 9.17) is 0 Å². The Kier molecular flexibility index (Phi) is 4.10. The fourth-order valence-electron chi connectivity index (χ4n) is 3.32. The molecule has 0 bridgehead atoms. The monoisotopic (exact) mass is 287 g/mol. The third-order valence-corrected chi connectivity index (χ3v) is 4.46. The molecule has 3 heterocycles. The number of rotatable bonds is 4. The SMILES string of the molecule is Cc1cn[nH]c1C1CCCCN1Cc1nccn1C(C)C. The van der Waals surface area contributed by atoms with E-state index in [-0.39, 0.29) is 0 Å². The molecular weight excluding hydrogens is 262 g/mol. The van der Waals surface area contributed by atoms with Crippen molar-refractivity contribution >= 4 is 0 Å². The van der Waals surface area contributed by atoms with Gasteiger partial charge in [0.1, 0.15) is 5.82 Å². The number of aromatic amines is 1. The van der Waals surface area contributed by atoms with Crippen molar-refractivity contribution < 1.29 is 0 Å². The average molecular weight is 287 g/mol. The van der Waals surface area contributed by atoms with E-state index in [1.807, 2.05) is 12.4 Å². The number of piperidine rings is 1. The molecule has 1 fully saturated rings. The van der Waals surface area contributed by atoms with E-state index in [0.29, 0.717) is 12.1 Å². The van der Waals surface area contributed by atoms with Gasteiger partial charge in [-0.05, 0) is 45.7 Å². The summed E-state index contributed by atoms with van der Waals surface area (Å²) in [6, 6.07) is 0.901. The van der Waals surface area contributed by atoms with Crippen LogP contribution in [-0.2, 0) is 6.54 Å². The van der Waals surface area contributed by atoms with Gasteiger partial charge in [0.05, 0.1) is 24.5 Å². The van der Waals surface area contributed by atoms with E-state index in [1.165, 1.54) is 30.5 Å². The first-order valence-corrected chi connectivity index (χ1v) is 7.92. The van der Waals surface area contributed by atoms with Crippen molar-refractivity contribution in [2.24, 2.45) is 0 Å². The number of hydrogen-bond donors (Lipinski definition) is 1. The minimum absolute atomic E-state index is 0.443. The number of aromatic nitrogens is 4. The van der Waals surface area contributed by atoms with E-state index in [0.717, 1.165) is 18.9 Å². The molecule has 21 heavy (non-hydrogen) atoms. The van der Waals surface area contributed by atoms with Crippen molar-refractivity contribution in [1.29, 1.82) is 0 Å². The fourth-order valence-corrected chi connectivity index (χ4v) is 3.32. The van der Waals surface area contributed by atoms with Gasteiger partial charge in [0.15, 0.2) is 0 Å². The largest absolute Gasteiger partial charge is 0.331 e. The predicted molar refractivity (Wildman–Crippen MR) is 82.9 cm³/mol. The summed E-state index contributed by atoms with van der Waals surface area (Å²) >= 11 is 0. The standard InChI is InChI=1S/C16H25N5/c1-12(2)21-9-7-17-15(21)11-20-8-5-4-6-14(20)16-13(3)10-18-19-16/h7,9-10,12,14H,4-6,8,11H2,1-3H3,(H,18,19). The maximum Gasteiger partial charge on any atom is 0.123 e. The smallest absolute Gasteiger partial charge is 0.123 e. The highest BCUT2D eigenvalue weighted by Gasteiger charge is 2.27. The lowest BCUT2D eigenvalue weighted by Crippen LogP contribution is -2.34. The van der Waals surface area contributed by atoms with E-state index in [2.05, 4.69) is 51.6 Å². The van der Waals surface area contributed by atoms with Gasteiger partial charge in [0, 0.05) is 18.4 Å². The molecule has 114 valence electrons. The first kappa shape index (κ1) is 14.3. The lowest BCUT2D eigenvalue weighted by Gasteiger charge is -2.35. The summed E-state index contributed by atoms with van der Waals surface area (Å²) in [5.41, 5.74) is 2.54. The molecule has 1 N–H and O–H groups in total. The second kappa shape index (κ2) is 6.02. The Morgan fingerprint density at radius 3 is 2.95 bits per heavy atom. The second-order valence-corrected chi connectivity index (χ2v) is 6.29. The van der Waals surface area contributed by atoms with Crippen molar-refractivity contribution in [2.45, 2.75) is 58.7 Å². The van der Waals surface area contributed by atoms with Crippen LogP contribution in [0.5, 0.6) is 0 Å². The summed E-state index contributed by atoms with van der Waals surface area (Å²) in [5, 5.41) is 7.40. The van der Waals surface area contributed by atoms with Crippen LogP contribution in [0.1, 0.15) is 62.3 Å². The Balaban J connectivity index is 1.82. The Labute approximate surface area is 126 Å². The summed E-state index contributed by atoms with van der Waals surface area (Å²) in [7, 11) is 0. The van der Waals surface area contributed by atoms with Crippen molar-refractivity contribution in [3.05, 3.63) is 35.7 Å². The Morgan fingerprint density at radius 2 is 2.24 bits per heavy atom. The highest BCUT2D eigenvalue weighted by Crippen LogP contribution is 2.32. The van der Waals surface area contributed by atoms with Crippen LogP contribution in [0.25, 0.3) is 0 Å². The molecule has 2 aromatic heterocycles. The van der Waals surface area contributed by atoms with Crippen LogP contribution >= 0.6 is 0 Å². The van der Waals surface area contributed by atoms with E-state index in [1.54, 1.807) is 0 Å². The predicted octanol–water partition coefficient (Wildman–Crippen LogP) is 3.22. The molecule has 0 aromatic carbocycles. The molecule has 0 spiro atoms. The van der Waals surface area contributed by atoms with Gasteiger partial charge in [0.25, 0.3) is 0 Å². The lowest BCUT2D eigenvalue weighted by atomic mass is 9.97. The van der Waals surface area contributed by atoms with Crippen molar-refractivity contribution in [3.63, 3.8) is 0 Å². The number of imidazole rings is 1. The molecule has 2 aromatic rings. The van der Waals surface area contributed by atoms with Crippen molar-refractivity contribution in [2.75, 3.05) is 6.54 Å². The summed E-state index contributed by atoms with van der Waals surface area (Å²) in [6.45, 7) is 8.60. The first-order valence-electron chi connectivity index (χ1n) is 7.92. The van der Waals surface area contributed by atoms with Crippen LogP contribution in [-0.4, -0.2) is 31.2 Å². The molecule has 0 aliphatic carbocycles. The Morgan fingerprint density at radius 1 is 1.38 bits per heavy atom. The number of hydrogen-bond acceptors (Lipinski definition) is 3. The molecule has 1 saturated heterocycles. The molecule has 3 rings (SSSR count). The summed E-state index contributed by atoms with van der Waals surface area (Å²) < 4.78 is 2.27. The number of nitrogens with one attached hydrogen (secondary N) is 1. The molecule has 1 aliphatic rings. The second-order valence-electron chi connectivity index (χ2n) is 6.29. The van der Waals surface area contributed by atoms with Crippen molar-refractivity contribution in [1.82, 2.24) is 24.6 Å². The minimum Gasteiger partial charge on any atom is -0.331 e. The first-order chi connectivity index (χ1) is 10.2. The van der Waals surface area contributed by atoms with Gasteiger partial charge < -0.3 is 4.57 Å². The van der Waals surface area contributed by atoms with E-state index >= 15 is 0 Å². The zero-order valence-electron chi connectivity index (χ0n) is 13.2. The third-order valence-electron chi connectivity index (χ3n) is 4.46. The van der Waals surface area contributed by atoms with E-state index < -0.39 is 0 Å². The Bertz CT molecular complexity index is 583. The van der Waals surface area contributed by atoms with E-state index in [9.17, 15) is 0 Å². The summed E-state index contributed by atoms with van der Waals surface area (Å²) in [6.07, 6.45) is 9.68. The highest BCUT2D eigenvalue weighted by molar-refractivity contribution is 5.18. The van der Waals surface area contributed by atoms with Gasteiger partial charge in [-0.2, -0.15) is 5.10 Å². The number of aryl methyl sites for hydroxylation is 1.